The number of benzene rings is 2. The van der Waals surface area contributed by atoms with Crippen LogP contribution in [0.15, 0.2) is 12.1 Å². The summed E-state index contributed by atoms with van der Waals surface area (Å²) in [6.45, 7) is -2.65. The molecule has 0 aromatic heterocycles. The van der Waals surface area contributed by atoms with Crippen LogP contribution in [0.25, 0.3) is 0 Å². The minimum Gasteiger partial charge on any atom is -0.398 e. The quantitative estimate of drug-likeness (QED) is 0.0407. The molecule has 0 radical (unpaired) electrons. The van der Waals surface area contributed by atoms with Gasteiger partial charge >= 0.3 is 0 Å². The van der Waals surface area contributed by atoms with E-state index in [1.165, 1.54) is 12.1 Å². The summed E-state index contributed by atoms with van der Waals surface area (Å²) < 4.78 is 5.67. The van der Waals surface area contributed by atoms with E-state index in [0.717, 1.165) is 24.1 Å². The number of hydrogen-bond donors (Lipinski definition) is 10. The predicted molar refractivity (Wildman–Crippen MR) is 164 cm³/mol. The Labute approximate surface area is 254 Å². The third-order valence-electron chi connectivity index (χ3n) is 6.23. The van der Waals surface area contributed by atoms with Gasteiger partial charge in [-0.15, -0.1) is 0 Å². The van der Waals surface area contributed by atoms with E-state index in [2.05, 4.69) is 10.6 Å². The Bertz CT molecular complexity index is 1160. The van der Waals surface area contributed by atoms with Crippen LogP contribution in [0.3, 0.4) is 0 Å². The largest absolute Gasteiger partial charge is 0.398 e. The third-order valence-corrected chi connectivity index (χ3v) is 8.13. The molecule has 19 heteroatoms. The molecule has 0 aliphatic carbocycles. The van der Waals surface area contributed by atoms with Gasteiger partial charge in [0.2, 0.25) is 0 Å². The molecular formula is C24H36N6O11S2. The molecular weight excluding hydrogens is 612 g/mol. The average Bonchev–Trinajstić information content (AvgIpc) is 2.97. The number of nitrogens with one attached hydrogen (secondary N) is 2. The first-order chi connectivity index (χ1) is 20.6. The van der Waals surface area contributed by atoms with Crippen molar-refractivity contribution in [2.75, 3.05) is 74.8 Å². The fourth-order valence-corrected chi connectivity index (χ4v) is 6.00. The summed E-state index contributed by atoms with van der Waals surface area (Å²) >= 11 is 1.44. The minimum atomic E-state index is -0.902. The molecule has 0 amide bonds. The molecule has 2 aromatic carbocycles. The fourth-order valence-electron chi connectivity index (χ4n) is 4.34. The van der Waals surface area contributed by atoms with Gasteiger partial charge in [-0.2, -0.15) is 0 Å². The molecule has 12 N–H and O–H groups in total. The average molecular weight is 649 g/mol. The van der Waals surface area contributed by atoms with Crippen molar-refractivity contribution in [1.29, 1.82) is 0 Å². The van der Waals surface area contributed by atoms with E-state index < -0.39 is 46.8 Å². The van der Waals surface area contributed by atoms with Gasteiger partial charge in [-0.3, -0.25) is 20.2 Å². The van der Waals surface area contributed by atoms with E-state index in [-0.39, 0.29) is 95.5 Å². The molecule has 2 aromatic rings. The number of anilines is 4. The van der Waals surface area contributed by atoms with Crippen LogP contribution in [0, 0.1) is 20.2 Å². The van der Waals surface area contributed by atoms with Crippen molar-refractivity contribution in [2.45, 2.75) is 23.3 Å². The molecule has 2 atom stereocenters. The molecule has 0 spiro atoms. The van der Waals surface area contributed by atoms with Gasteiger partial charge in [0.25, 0.3) is 11.4 Å². The van der Waals surface area contributed by atoms with E-state index in [1.54, 1.807) is 0 Å². The number of aliphatic hydroxyl groups is 6. The zero-order valence-corrected chi connectivity index (χ0v) is 24.6. The van der Waals surface area contributed by atoms with Crippen molar-refractivity contribution in [2.24, 2.45) is 0 Å². The van der Waals surface area contributed by atoms with Crippen molar-refractivity contribution < 1.29 is 44.1 Å². The normalized spacial score (nSPS) is 12.6. The molecule has 2 unspecified atom stereocenters. The maximum atomic E-state index is 11.8. The van der Waals surface area contributed by atoms with Gasteiger partial charge in [-0.25, -0.2) is 3.63 Å². The van der Waals surface area contributed by atoms with Crippen LogP contribution in [-0.4, -0.2) is 93.2 Å². The lowest BCUT2D eigenvalue weighted by atomic mass is 9.98. The lowest BCUT2D eigenvalue weighted by Crippen LogP contribution is -2.15. The predicted octanol–water partition coefficient (Wildman–Crippen LogP) is 0.625. The van der Waals surface area contributed by atoms with Crippen molar-refractivity contribution in [3.05, 3.63) is 54.6 Å². The third kappa shape index (κ3) is 8.94. The standard InChI is InChI=1S/C24H36N6O11S2/c25-21-13(1-5-31)23(29(37)38)17(27-3-7-33)9-15(21)19(11-35)42-41-43-20(12-36)16-10-18(28-4-8-34)24(30(39)40)14(2-6-32)22(16)26/h9-10,19-20,27-28,31-36H,1-8,11-12,25-26H2. The second kappa shape index (κ2) is 17.9. The first-order valence-corrected chi connectivity index (χ1v) is 14.5. The monoisotopic (exact) mass is 648 g/mol. The number of nitro groups is 2. The van der Waals surface area contributed by atoms with Crippen molar-refractivity contribution in [3.8, 4) is 0 Å². The number of rotatable bonds is 20. The number of nitrogen functional groups attached to an aromatic ring is 2. The van der Waals surface area contributed by atoms with Gasteiger partial charge in [-0.05, 0) is 23.3 Å². The summed E-state index contributed by atoms with van der Waals surface area (Å²) in [5.41, 5.74) is 12.3. The summed E-state index contributed by atoms with van der Waals surface area (Å²) in [5, 5.41) is 85.1. The molecule has 0 saturated heterocycles. The lowest BCUT2D eigenvalue weighted by molar-refractivity contribution is -0.384. The molecule has 0 fully saturated rings. The van der Waals surface area contributed by atoms with Crippen LogP contribution >= 0.6 is 24.1 Å². The van der Waals surface area contributed by atoms with Gasteiger partial charge < -0.3 is 52.7 Å². The van der Waals surface area contributed by atoms with Gasteiger partial charge in [0, 0.05) is 74.6 Å². The van der Waals surface area contributed by atoms with Gasteiger partial charge in [0.15, 0.2) is 0 Å². The Kier molecular flexibility index (Phi) is 15.0. The van der Waals surface area contributed by atoms with Crippen LogP contribution in [0.1, 0.15) is 32.8 Å². The Morgan fingerprint density at radius 2 is 1.09 bits per heavy atom. The van der Waals surface area contributed by atoms with Crippen molar-refractivity contribution in [1.82, 2.24) is 0 Å². The molecule has 0 aliphatic rings. The first kappa shape index (κ1) is 36.1. The topological polar surface area (TPSA) is 293 Å². The van der Waals surface area contributed by atoms with Gasteiger partial charge in [0.1, 0.15) is 11.4 Å². The molecule has 17 nitrogen and oxygen atoms in total. The second-order valence-electron chi connectivity index (χ2n) is 8.87. The number of nitrogens with two attached hydrogens (primary N) is 2. The van der Waals surface area contributed by atoms with Crippen LogP contribution < -0.4 is 22.1 Å². The summed E-state index contributed by atoms with van der Waals surface area (Å²) in [4.78, 5) is 22.3. The lowest BCUT2D eigenvalue weighted by Gasteiger charge is -2.22. The summed E-state index contributed by atoms with van der Waals surface area (Å²) in [6, 6.07) is 2.70. The molecule has 240 valence electrons. The van der Waals surface area contributed by atoms with Crippen molar-refractivity contribution in [3.63, 3.8) is 0 Å². The van der Waals surface area contributed by atoms with Crippen molar-refractivity contribution >= 4 is 58.2 Å². The smallest absolute Gasteiger partial charge is 0.297 e. The van der Waals surface area contributed by atoms with E-state index in [1.807, 2.05) is 0 Å². The Balaban J connectivity index is 2.44. The molecule has 0 aliphatic heterocycles. The van der Waals surface area contributed by atoms with Gasteiger partial charge in [-0.1, -0.05) is 0 Å². The van der Waals surface area contributed by atoms with E-state index in [9.17, 15) is 50.9 Å². The molecule has 0 heterocycles. The van der Waals surface area contributed by atoms with E-state index in [0.29, 0.717) is 0 Å². The van der Waals surface area contributed by atoms with Gasteiger partial charge in [0.05, 0.1) is 57.9 Å². The molecule has 43 heavy (non-hydrogen) atoms. The Morgan fingerprint density at radius 3 is 1.37 bits per heavy atom. The zero-order valence-electron chi connectivity index (χ0n) is 23.0. The summed E-state index contributed by atoms with van der Waals surface area (Å²) in [6.07, 6.45) is -0.311. The van der Waals surface area contributed by atoms with E-state index in [4.69, 9.17) is 15.1 Å². The fraction of sp³-hybridized carbons (Fsp3) is 0.500. The second-order valence-corrected chi connectivity index (χ2v) is 10.9. The maximum Gasteiger partial charge on any atom is 0.297 e. The Morgan fingerprint density at radius 1 is 0.721 bits per heavy atom. The highest BCUT2D eigenvalue weighted by molar-refractivity contribution is 8.08. The van der Waals surface area contributed by atoms with E-state index >= 15 is 0 Å². The van der Waals surface area contributed by atoms with Crippen LogP contribution in [0.5, 0.6) is 0 Å². The zero-order chi connectivity index (χ0) is 32.1. The number of nitrogens with zero attached hydrogens (tertiary/aromatic N) is 2. The molecule has 2 rings (SSSR count). The van der Waals surface area contributed by atoms with Crippen LogP contribution in [0.2, 0.25) is 0 Å². The highest BCUT2D eigenvalue weighted by Gasteiger charge is 2.30. The minimum absolute atomic E-state index is 0.0182. The molecule has 0 saturated carbocycles. The first-order valence-electron chi connectivity index (χ1n) is 12.9. The highest BCUT2D eigenvalue weighted by atomic mass is 32.2. The SMILES string of the molecule is Nc1c(C(CO)SOSC(CO)c2cc(NCCO)c([N+](=O)[O-])c(CCO)c2N)cc(NCCO)c([N+](=O)[O-])c1CCO. The molecule has 0 bridgehead atoms. The maximum absolute atomic E-state index is 11.8. The summed E-state index contributed by atoms with van der Waals surface area (Å²) in [7, 11) is 0. The van der Waals surface area contributed by atoms with Crippen LogP contribution in [0.4, 0.5) is 34.1 Å². The number of hydrogen-bond acceptors (Lipinski definition) is 17. The van der Waals surface area contributed by atoms with Crippen LogP contribution in [-0.2, 0) is 16.5 Å². The number of aliphatic hydroxyl groups excluding tert-OH is 6. The number of nitro benzene ring substituents is 2. The summed E-state index contributed by atoms with van der Waals surface area (Å²) in [5.74, 6) is 0. The highest BCUT2D eigenvalue weighted by Crippen LogP contribution is 2.47. The Hall–Kier alpha value is -3.14.